The molecule has 0 radical (unpaired) electrons. The minimum Gasteiger partial charge on any atom is -0.324 e. The Morgan fingerprint density at radius 2 is 2.18 bits per heavy atom. The summed E-state index contributed by atoms with van der Waals surface area (Å²) in [6.45, 7) is 3.42. The van der Waals surface area contributed by atoms with Gasteiger partial charge < -0.3 is 9.42 Å². The zero-order valence-corrected chi connectivity index (χ0v) is 11.3. The third-order valence-corrected chi connectivity index (χ3v) is 3.75. The summed E-state index contributed by atoms with van der Waals surface area (Å²) in [4.78, 5) is 21.2. The first-order chi connectivity index (χ1) is 7.85. The summed E-state index contributed by atoms with van der Waals surface area (Å²) < 4.78 is 16.1. The molecule has 1 atom stereocenters. The first-order valence-corrected chi connectivity index (χ1v) is 7.25. The van der Waals surface area contributed by atoms with Crippen molar-refractivity contribution < 1.29 is 18.8 Å². The molecule has 0 amide bonds. The Labute approximate surface area is 105 Å². The second-order valence-electron chi connectivity index (χ2n) is 3.60. The first kappa shape index (κ1) is 14.4. The molecule has 94 valence electrons. The van der Waals surface area contributed by atoms with E-state index in [0.717, 1.165) is 0 Å². The van der Waals surface area contributed by atoms with Gasteiger partial charge in [0.05, 0.1) is 6.61 Å². The molecule has 1 unspecified atom stereocenters. The standard InChI is InChI=1S/C11H14ClO4P/c1-3-16-17(14,15)7-11(13)10-5-4-9(12)6-8(10)2/h4-6H,3,7H2,1-2H3,(H,14,15). The molecule has 1 rings (SSSR count). The molecule has 0 aliphatic heterocycles. The molecule has 0 fully saturated rings. The van der Waals surface area contributed by atoms with Crippen molar-refractivity contribution in [1.29, 1.82) is 0 Å². The zero-order chi connectivity index (χ0) is 13.1. The van der Waals surface area contributed by atoms with Crippen LogP contribution in [-0.2, 0) is 9.09 Å². The van der Waals surface area contributed by atoms with Crippen molar-refractivity contribution in [2.24, 2.45) is 0 Å². The molecule has 1 aromatic carbocycles. The molecule has 0 spiro atoms. The molecular formula is C11H14ClO4P. The van der Waals surface area contributed by atoms with Crippen LogP contribution in [0.4, 0.5) is 0 Å². The number of Topliss-reactive ketones (excluding diaryl/α,β-unsaturated/α-hetero) is 1. The molecule has 17 heavy (non-hydrogen) atoms. The van der Waals surface area contributed by atoms with Crippen LogP contribution < -0.4 is 0 Å². The van der Waals surface area contributed by atoms with Crippen LogP contribution in [0.15, 0.2) is 18.2 Å². The average Bonchev–Trinajstić information content (AvgIpc) is 2.15. The van der Waals surface area contributed by atoms with E-state index in [9.17, 15) is 14.3 Å². The number of aryl methyl sites for hydroxylation is 1. The fourth-order valence-corrected chi connectivity index (χ4v) is 2.71. The fraction of sp³-hybridized carbons (Fsp3) is 0.364. The molecule has 0 aliphatic carbocycles. The molecule has 0 aromatic heterocycles. The number of ketones is 1. The Balaban J connectivity index is 2.87. The molecule has 1 aromatic rings. The zero-order valence-electron chi connectivity index (χ0n) is 9.64. The van der Waals surface area contributed by atoms with E-state index in [1.165, 1.54) is 0 Å². The Kier molecular flexibility index (Phi) is 4.90. The molecule has 0 saturated heterocycles. The highest BCUT2D eigenvalue weighted by atomic mass is 35.5. The summed E-state index contributed by atoms with van der Waals surface area (Å²) in [6, 6.07) is 4.76. The number of halogens is 1. The van der Waals surface area contributed by atoms with E-state index in [1.54, 1.807) is 32.0 Å². The minimum absolute atomic E-state index is 0.0979. The van der Waals surface area contributed by atoms with Gasteiger partial charge in [-0.3, -0.25) is 9.36 Å². The Morgan fingerprint density at radius 3 is 2.71 bits per heavy atom. The summed E-state index contributed by atoms with van der Waals surface area (Å²) >= 11 is 5.76. The van der Waals surface area contributed by atoms with Gasteiger partial charge in [0.1, 0.15) is 6.16 Å². The van der Waals surface area contributed by atoms with Crippen LogP contribution in [0.25, 0.3) is 0 Å². The van der Waals surface area contributed by atoms with Gasteiger partial charge in [0.2, 0.25) is 0 Å². The summed E-state index contributed by atoms with van der Waals surface area (Å²) in [5, 5.41) is 0.524. The molecule has 1 N–H and O–H groups in total. The van der Waals surface area contributed by atoms with Crippen molar-refractivity contribution in [3.8, 4) is 0 Å². The van der Waals surface area contributed by atoms with Crippen LogP contribution >= 0.6 is 19.2 Å². The van der Waals surface area contributed by atoms with Crippen molar-refractivity contribution in [3.63, 3.8) is 0 Å². The number of hydrogen-bond acceptors (Lipinski definition) is 3. The lowest BCUT2D eigenvalue weighted by Gasteiger charge is -2.11. The second kappa shape index (κ2) is 5.78. The van der Waals surface area contributed by atoms with Gasteiger partial charge in [0.15, 0.2) is 5.78 Å². The monoisotopic (exact) mass is 276 g/mol. The lowest BCUT2D eigenvalue weighted by atomic mass is 10.1. The van der Waals surface area contributed by atoms with Gasteiger partial charge in [0.25, 0.3) is 0 Å². The van der Waals surface area contributed by atoms with Crippen molar-refractivity contribution >= 4 is 25.0 Å². The third-order valence-electron chi connectivity index (χ3n) is 2.16. The van der Waals surface area contributed by atoms with E-state index in [-0.39, 0.29) is 6.61 Å². The Bertz CT molecular complexity index is 473. The SMILES string of the molecule is CCOP(=O)(O)CC(=O)c1ccc(Cl)cc1C. The van der Waals surface area contributed by atoms with Crippen molar-refractivity contribution in [1.82, 2.24) is 0 Å². The van der Waals surface area contributed by atoms with Crippen LogP contribution in [0, 0.1) is 6.92 Å². The van der Waals surface area contributed by atoms with Crippen molar-refractivity contribution in [2.75, 3.05) is 12.8 Å². The van der Waals surface area contributed by atoms with E-state index < -0.39 is 19.5 Å². The van der Waals surface area contributed by atoms with Crippen molar-refractivity contribution in [3.05, 3.63) is 34.3 Å². The predicted octanol–water partition coefficient (Wildman–Crippen LogP) is 3.05. The molecule has 0 bridgehead atoms. The lowest BCUT2D eigenvalue weighted by Crippen LogP contribution is -2.09. The summed E-state index contributed by atoms with van der Waals surface area (Å²) in [6.07, 6.45) is -0.511. The maximum atomic E-state index is 11.8. The van der Waals surface area contributed by atoms with E-state index in [0.29, 0.717) is 16.1 Å². The van der Waals surface area contributed by atoms with Gasteiger partial charge in [0, 0.05) is 10.6 Å². The molecular weight excluding hydrogens is 263 g/mol. The van der Waals surface area contributed by atoms with Gasteiger partial charge in [-0.1, -0.05) is 11.6 Å². The van der Waals surface area contributed by atoms with E-state index >= 15 is 0 Å². The topological polar surface area (TPSA) is 63.6 Å². The highest BCUT2D eigenvalue weighted by Crippen LogP contribution is 2.42. The summed E-state index contributed by atoms with van der Waals surface area (Å²) in [5.74, 6) is -0.418. The molecule has 6 heteroatoms. The quantitative estimate of drug-likeness (QED) is 0.663. The lowest BCUT2D eigenvalue weighted by molar-refractivity contribution is 0.101. The molecule has 0 saturated carbocycles. The molecule has 0 aliphatic rings. The van der Waals surface area contributed by atoms with Gasteiger partial charge >= 0.3 is 7.60 Å². The predicted molar refractivity (Wildman–Crippen MR) is 66.8 cm³/mol. The summed E-state index contributed by atoms with van der Waals surface area (Å²) in [7, 11) is -3.83. The van der Waals surface area contributed by atoms with Crippen LogP contribution in [-0.4, -0.2) is 23.4 Å². The van der Waals surface area contributed by atoms with E-state index in [2.05, 4.69) is 4.52 Å². The Hall–Kier alpha value is -0.670. The van der Waals surface area contributed by atoms with E-state index in [1.807, 2.05) is 0 Å². The largest absolute Gasteiger partial charge is 0.335 e. The van der Waals surface area contributed by atoms with Gasteiger partial charge in [-0.05, 0) is 37.6 Å². The van der Waals surface area contributed by atoms with Crippen LogP contribution in [0.1, 0.15) is 22.8 Å². The highest BCUT2D eigenvalue weighted by Gasteiger charge is 2.24. The minimum atomic E-state index is -3.83. The highest BCUT2D eigenvalue weighted by molar-refractivity contribution is 7.53. The smallest absolute Gasteiger partial charge is 0.324 e. The second-order valence-corrected chi connectivity index (χ2v) is 5.88. The van der Waals surface area contributed by atoms with Crippen LogP contribution in [0.3, 0.4) is 0 Å². The van der Waals surface area contributed by atoms with Crippen molar-refractivity contribution in [2.45, 2.75) is 13.8 Å². The average molecular weight is 277 g/mol. The number of benzene rings is 1. The fourth-order valence-electron chi connectivity index (χ4n) is 1.45. The van der Waals surface area contributed by atoms with Crippen LogP contribution in [0.5, 0.6) is 0 Å². The molecule has 0 heterocycles. The third kappa shape index (κ3) is 4.25. The maximum absolute atomic E-state index is 11.8. The van der Waals surface area contributed by atoms with Crippen LogP contribution in [0.2, 0.25) is 5.02 Å². The van der Waals surface area contributed by atoms with E-state index in [4.69, 9.17) is 11.6 Å². The maximum Gasteiger partial charge on any atom is 0.335 e. The first-order valence-electron chi connectivity index (χ1n) is 5.11. The number of hydrogen-bond donors (Lipinski definition) is 1. The van der Waals surface area contributed by atoms with Gasteiger partial charge in [-0.15, -0.1) is 0 Å². The normalized spacial score (nSPS) is 14.4. The number of carbonyl (C=O) groups is 1. The number of rotatable bonds is 5. The number of carbonyl (C=O) groups excluding carboxylic acids is 1. The van der Waals surface area contributed by atoms with Gasteiger partial charge in [-0.2, -0.15) is 0 Å². The summed E-state index contributed by atoms with van der Waals surface area (Å²) in [5.41, 5.74) is 1.07. The Morgan fingerprint density at radius 1 is 1.53 bits per heavy atom. The van der Waals surface area contributed by atoms with Gasteiger partial charge in [-0.25, -0.2) is 0 Å². The molecule has 4 nitrogen and oxygen atoms in total.